The molecule has 0 unspecified atom stereocenters. The van der Waals surface area contributed by atoms with E-state index in [1.54, 1.807) is 0 Å². The van der Waals surface area contributed by atoms with Crippen molar-refractivity contribution in [2.75, 3.05) is 0 Å². The summed E-state index contributed by atoms with van der Waals surface area (Å²) in [6.45, 7) is 1.31. The molecule has 1 aromatic carbocycles. The minimum Gasteiger partial charge on any atom is -0.424 e. The minimum atomic E-state index is -0.428. The molecule has 2 aromatic rings. The zero-order chi connectivity index (χ0) is 11.9. The predicted octanol–water partition coefficient (Wildman–Crippen LogP) is 4.05. The summed E-state index contributed by atoms with van der Waals surface area (Å²) < 4.78 is 4.99. The van der Waals surface area contributed by atoms with Gasteiger partial charge >= 0.3 is 5.97 Å². The summed E-state index contributed by atoms with van der Waals surface area (Å²) in [6.07, 6.45) is 1.51. The lowest BCUT2D eigenvalue weighted by atomic mass is 10.2. The van der Waals surface area contributed by atoms with Gasteiger partial charge in [0.15, 0.2) is 5.75 Å². The molecule has 0 fully saturated rings. The zero-order valence-electron chi connectivity index (χ0n) is 8.11. The molecular formula is C10H6Cl3NO2. The molecule has 0 radical (unpaired) electrons. The summed E-state index contributed by atoms with van der Waals surface area (Å²) in [4.78, 5) is 13.7. The number of benzene rings is 1. The van der Waals surface area contributed by atoms with Gasteiger partial charge in [-0.05, 0) is 6.07 Å². The monoisotopic (exact) mass is 277 g/mol. The number of ether oxygens (including phenoxy) is 1. The Bertz CT molecular complexity index is 577. The fraction of sp³-hybridized carbons (Fsp3) is 0.100. The third-order valence-electron chi connectivity index (χ3n) is 2.02. The number of aromatic amines is 1. The van der Waals surface area contributed by atoms with Gasteiger partial charge in [0.05, 0.1) is 26.0 Å². The fourth-order valence-electron chi connectivity index (χ4n) is 1.42. The van der Waals surface area contributed by atoms with Gasteiger partial charge in [0, 0.05) is 13.1 Å². The van der Waals surface area contributed by atoms with E-state index in [9.17, 15) is 4.79 Å². The maximum atomic E-state index is 10.9. The lowest BCUT2D eigenvalue weighted by molar-refractivity contribution is -0.131. The molecule has 3 nitrogen and oxygen atoms in total. The van der Waals surface area contributed by atoms with Gasteiger partial charge < -0.3 is 9.72 Å². The van der Waals surface area contributed by atoms with Crippen molar-refractivity contribution >= 4 is 51.7 Å². The highest BCUT2D eigenvalue weighted by molar-refractivity contribution is 6.47. The van der Waals surface area contributed by atoms with E-state index in [2.05, 4.69) is 4.98 Å². The Balaban J connectivity index is 2.72. The van der Waals surface area contributed by atoms with Crippen LogP contribution >= 0.6 is 34.8 Å². The van der Waals surface area contributed by atoms with Gasteiger partial charge in [-0.15, -0.1) is 0 Å². The van der Waals surface area contributed by atoms with Crippen LogP contribution in [0, 0.1) is 0 Å². The number of carbonyl (C=O) groups excluding carboxylic acids is 1. The van der Waals surface area contributed by atoms with Gasteiger partial charge in [-0.1, -0.05) is 34.8 Å². The fourth-order valence-corrected chi connectivity index (χ4v) is 2.18. The standard InChI is InChI=1S/C10H6Cl3NO2/c1-4(15)16-7-3-14-10-8(7)5(11)2-6(12)9(10)13/h2-3,14H,1H3. The van der Waals surface area contributed by atoms with Crippen LogP contribution < -0.4 is 4.74 Å². The number of esters is 1. The molecule has 0 saturated heterocycles. The lowest BCUT2D eigenvalue weighted by Gasteiger charge is -2.03. The van der Waals surface area contributed by atoms with Crippen molar-refractivity contribution in [2.45, 2.75) is 6.92 Å². The van der Waals surface area contributed by atoms with Crippen molar-refractivity contribution in [3.05, 3.63) is 27.3 Å². The van der Waals surface area contributed by atoms with Crippen molar-refractivity contribution in [2.24, 2.45) is 0 Å². The first-order valence-electron chi connectivity index (χ1n) is 4.33. The van der Waals surface area contributed by atoms with Crippen molar-refractivity contribution in [3.63, 3.8) is 0 Å². The molecule has 1 aromatic heterocycles. The van der Waals surface area contributed by atoms with Crippen LogP contribution in [0.25, 0.3) is 10.9 Å². The summed E-state index contributed by atoms with van der Waals surface area (Å²) in [5, 5.41) is 1.61. The van der Waals surface area contributed by atoms with Crippen molar-refractivity contribution in [1.82, 2.24) is 4.98 Å². The largest absolute Gasteiger partial charge is 0.424 e. The topological polar surface area (TPSA) is 42.1 Å². The Morgan fingerprint density at radius 3 is 2.62 bits per heavy atom. The average Bonchev–Trinajstić information content (AvgIpc) is 2.58. The molecule has 0 bridgehead atoms. The van der Waals surface area contributed by atoms with Gasteiger partial charge in [-0.2, -0.15) is 0 Å². The van der Waals surface area contributed by atoms with Gasteiger partial charge in [0.1, 0.15) is 0 Å². The van der Waals surface area contributed by atoms with E-state index in [4.69, 9.17) is 39.5 Å². The van der Waals surface area contributed by atoms with Gasteiger partial charge in [0.2, 0.25) is 0 Å². The maximum absolute atomic E-state index is 10.9. The number of hydrogen-bond donors (Lipinski definition) is 1. The summed E-state index contributed by atoms with van der Waals surface area (Å²) >= 11 is 17.9. The molecule has 6 heteroatoms. The first-order chi connectivity index (χ1) is 7.50. The van der Waals surface area contributed by atoms with E-state index in [0.717, 1.165) is 0 Å². The Morgan fingerprint density at radius 1 is 1.31 bits per heavy atom. The molecule has 1 N–H and O–H groups in total. The van der Waals surface area contributed by atoms with Crippen LogP contribution in [-0.4, -0.2) is 11.0 Å². The highest BCUT2D eigenvalue weighted by Crippen LogP contribution is 2.40. The number of aromatic nitrogens is 1. The molecule has 2 rings (SSSR count). The normalized spacial score (nSPS) is 10.8. The van der Waals surface area contributed by atoms with E-state index < -0.39 is 5.97 Å². The predicted molar refractivity (Wildman–Crippen MR) is 64.6 cm³/mol. The Morgan fingerprint density at radius 2 is 2.00 bits per heavy atom. The van der Waals surface area contributed by atoms with Crippen LogP contribution in [0.3, 0.4) is 0 Å². The van der Waals surface area contributed by atoms with Crippen LogP contribution in [0.5, 0.6) is 5.75 Å². The van der Waals surface area contributed by atoms with Crippen molar-refractivity contribution < 1.29 is 9.53 Å². The van der Waals surface area contributed by atoms with E-state index >= 15 is 0 Å². The second kappa shape index (κ2) is 4.17. The maximum Gasteiger partial charge on any atom is 0.308 e. The molecule has 0 aliphatic rings. The zero-order valence-corrected chi connectivity index (χ0v) is 10.4. The highest BCUT2D eigenvalue weighted by Gasteiger charge is 2.15. The average molecular weight is 279 g/mol. The molecule has 0 aliphatic carbocycles. The molecule has 0 saturated carbocycles. The van der Waals surface area contributed by atoms with Gasteiger partial charge in [-0.25, -0.2) is 0 Å². The third-order valence-corrected chi connectivity index (χ3v) is 3.10. The number of rotatable bonds is 1. The quantitative estimate of drug-likeness (QED) is 0.631. The molecule has 16 heavy (non-hydrogen) atoms. The van der Waals surface area contributed by atoms with E-state index in [1.807, 2.05) is 0 Å². The first-order valence-corrected chi connectivity index (χ1v) is 5.47. The smallest absolute Gasteiger partial charge is 0.308 e. The lowest BCUT2D eigenvalue weighted by Crippen LogP contribution is -2.00. The summed E-state index contributed by atoms with van der Waals surface area (Å²) in [7, 11) is 0. The van der Waals surface area contributed by atoms with Crippen LogP contribution in [0.2, 0.25) is 15.1 Å². The summed E-state index contributed by atoms with van der Waals surface area (Å²) in [6, 6.07) is 1.51. The van der Waals surface area contributed by atoms with E-state index in [1.165, 1.54) is 19.2 Å². The molecule has 0 atom stereocenters. The number of nitrogens with one attached hydrogen (secondary N) is 1. The van der Waals surface area contributed by atoms with E-state index in [-0.39, 0.29) is 0 Å². The summed E-state index contributed by atoms with van der Waals surface area (Å²) in [5.74, 6) is -0.0888. The SMILES string of the molecule is CC(=O)Oc1c[nH]c2c(Cl)c(Cl)cc(Cl)c12. The molecule has 1 heterocycles. The molecule has 0 spiro atoms. The highest BCUT2D eigenvalue weighted by atomic mass is 35.5. The Labute approximate surface area is 106 Å². The molecule has 0 amide bonds. The second-order valence-corrected chi connectivity index (χ2v) is 4.34. The van der Waals surface area contributed by atoms with Crippen LogP contribution in [0.1, 0.15) is 6.92 Å². The number of H-pyrrole nitrogens is 1. The third kappa shape index (κ3) is 1.86. The first kappa shape index (κ1) is 11.6. The van der Waals surface area contributed by atoms with Crippen LogP contribution in [0.15, 0.2) is 12.3 Å². The summed E-state index contributed by atoms with van der Waals surface area (Å²) in [5.41, 5.74) is 0.551. The van der Waals surface area contributed by atoms with Gasteiger partial charge in [0.25, 0.3) is 0 Å². The number of fused-ring (bicyclic) bond motifs is 1. The van der Waals surface area contributed by atoms with E-state index in [0.29, 0.717) is 31.7 Å². The number of carbonyl (C=O) groups is 1. The Hall–Kier alpha value is -0.900. The number of hydrogen-bond acceptors (Lipinski definition) is 2. The van der Waals surface area contributed by atoms with Crippen molar-refractivity contribution in [1.29, 1.82) is 0 Å². The van der Waals surface area contributed by atoms with Crippen LogP contribution in [0.4, 0.5) is 0 Å². The Kier molecular flexibility index (Phi) is 3.02. The molecule has 84 valence electrons. The number of halogens is 3. The van der Waals surface area contributed by atoms with Crippen molar-refractivity contribution in [3.8, 4) is 5.75 Å². The van der Waals surface area contributed by atoms with Crippen LogP contribution in [-0.2, 0) is 4.79 Å². The molecule has 0 aliphatic heterocycles. The second-order valence-electron chi connectivity index (χ2n) is 3.15. The van der Waals surface area contributed by atoms with Gasteiger partial charge in [-0.3, -0.25) is 4.79 Å². The minimum absolute atomic E-state index is 0.339. The molecular weight excluding hydrogens is 272 g/mol.